The molecule has 3 nitrogen and oxygen atoms in total. The minimum Gasteiger partial charge on any atom is -0.274 e. The Morgan fingerprint density at radius 3 is 2.05 bits per heavy atom. The second-order valence-electron chi connectivity index (χ2n) is 6.41. The van der Waals surface area contributed by atoms with Gasteiger partial charge in [0.1, 0.15) is 0 Å². The van der Waals surface area contributed by atoms with E-state index in [0.29, 0.717) is 0 Å². The Bertz CT molecular complexity index is 726. The van der Waals surface area contributed by atoms with Crippen molar-refractivity contribution in [3.8, 4) is 0 Å². The summed E-state index contributed by atoms with van der Waals surface area (Å²) in [5.41, 5.74) is 3.26. The molecule has 112 valence electrons. The van der Waals surface area contributed by atoms with E-state index < -0.39 is 0 Å². The Morgan fingerprint density at radius 2 is 1.55 bits per heavy atom. The van der Waals surface area contributed by atoms with Crippen molar-refractivity contribution in [2.45, 2.75) is 13.8 Å². The van der Waals surface area contributed by atoms with Crippen molar-refractivity contribution in [2.75, 3.05) is 4.90 Å². The lowest BCUT2D eigenvalue weighted by molar-refractivity contribution is -0.122. The second kappa shape index (κ2) is 4.78. The summed E-state index contributed by atoms with van der Waals surface area (Å²) >= 11 is 2.18. The van der Waals surface area contributed by atoms with E-state index in [0.717, 1.165) is 9.26 Å². The molecule has 2 amide bonds. The fourth-order valence-electron chi connectivity index (χ4n) is 4.30. The van der Waals surface area contributed by atoms with Crippen LogP contribution in [0.5, 0.6) is 0 Å². The van der Waals surface area contributed by atoms with Crippen molar-refractivity contribution >= 4 is 40.1 Å². The molecule has 0 radical (unpaired) electrons. The first-order chi connectivity index (χ1) is 10.5. The number of carbonyl (C=O) groups excluding carboxylic acids is 2. The van der Waals surface area contributed by atoms with Gasteiger partial charge in [0.15, 0.2) is 0 Å². The number of hydrogen-bond donors (Lipinski definition) is 0. The van der Waals surface area contributed by atoms with E-state index in [4.69, 9.17) is 0 Å². The molecule has 1 aromatic carbocycles. The number of hydrogen-bond acceptors (Lipinski definition) is 2. The van der Waals surface area contributed by atoms with Crippen molar-refractivity contribution in [3.63, 3.8) is 0 Å². The molecular weight excluding hydrogens is 389 g/mol. The molecule has 22 heavy (non-hydrogen) atoms. The number of para-hydroxylation sites is 1. The molecule has 0 N–H and O–H groups in total. The molecule has 2 fully saturated rings. The lowest BCUT2D eigenvalue weighted by Crippen LogP contribution is -2.33. The molecule has 1 saturated heterocycles. The third-order valence-electron chi connectivity index (χ3n) is 5.09. The van der Waals surface area contributed by atoms with Crippen molar-refractivity contribution in [1.82, 2.24) is 0 Å². The standard InChI is InChI=1S/C18H16INO2/c1-9(2)14-10-7-8-11(14)16-15(10)17(21)20(18(16)22)13-6-4-3-5-12(13)19/h3-8,10-11,15-16H,1-2H3/t10-,11-,15-,16-/m1/s1. The van der Waals surface area contributed by atoms with Crippen LogP contribution >= 0.6 is 22.6 Å². The van der Waals surface area contributed by atoms with Crippen LogP contribution < -0.4 is 4.90 Å². The minimum atomic E-state index is -0.205. The predicted octanol–water partition coefficient (Wildman–Crippen LogP) is 3.55. The number of nitrogens with zero attached hydrogens (tertiary/aromatic N) is 1. The maximum Gasteiger partial charge on any atom is 0.238 e. The highest BCUT2D eigenvalue weighted by Crippen LogP contribution is 2.57. The van der Waals surface area contributed by atoms with Crippen LogP contribution in [0.15, 0.2) is 47.6 Å². The molecule has 1 aromatic rings. The van der Waals surface area contributed by atoms with Gasteiger partial charge in [-0.05, 0) is 48.6 Å². The summed E-state index contributed by atoms with van der Waals surface area (Å²) in [7, 11) is 0. The lowest BCUT2D eigenvalue weighted by atomic mass is 9.85. The number of benzene rings is 1. The van der Waals surface area contributed by atoms with E-state index in [-0.39, 0.29) is 35.5 Å². The summed E-state index contributed by atoms with van der Waals surface area (Å²) < 4.78 is 0.935. The quantitative estimate of drug-likeness (QED) is 0.407. The number of fused-ring (bicyclic) bond motifs is 5. The van der Waals surface area contributed by atoms with Crippen molar-refractivity contribution in [3.05, 3.63) is 51.1 Å². The number of carbonyl (C=O) groups is 2. The zero-order valence-corrected chi connectivity index (χ0v) is 14.6. The SMILES string of the molecule is CC(C)=C1[C@H]2C=C[C@H]1[C@H]1C(=O)N(c3ccccc3I)C(=O)[C@@H]12. The highest BCUT2D eigenvalue weighted by molar-refractivity contribution is 14.1. The normalized spacial score (nSPS) is 32.1. The molecule has 0 spiro atoms. The molecule has 1 heterocycles. The molecular formula is C18H16INO2. The van der Waals surface area contributed by atoms with Crippen LogP contribution in [-0.2, 0) is 9.59 Å². The van der Waals surface area contributed by atoms with Gasteiger partial charge in [-0.25, -0.2) is 4.90 Å². The Morgan fingerprint density at radius 1 is 1.00 bits per heavy atom. The van der Waals surface area contributed by atoms with Gasteiger partial charge < -0.3 is 0 Å². The van der Waals surface area contributed by atoms with Gasteiger partial charge in [0.25, 0.3) is 0 Å². The van der Waals surface area contributed by atoms with Crippen LogP contribution in [0.4, 0.5) is 5.69 Å². The highest BCUT2D eigenvalue weighted by Gasteiger charge is 2.62. The average molecular weight is 405 g/mol. The van der Waals surface area contributed by atoms with Crippen LogP contribution in [-0.4, -0.2) is 11.8 Å². The van der Waals surface area contributed by atoms with Crippen LogP contribution in [0.3, 0.4) is 0 Å². The number of imide groups is 1. The van der Waals surface area contributed by atoms with Crippen molar-refractivity contribution in [2.24, 2.45) is 23.7 Å². The molecule has 3 aliphatic rings. The van der Waals surface area contributed by atoms with E-state index in [1.54, 1.807) is 0 Å². The van der Waals surface area contributed by atoms with Crippen molar-refractivity contribution in [1.29, 1.82) is 0 Å². The number of allylic oxidation sites excluding steroid dienone is 4. The molecule has 4 atom stereocenters. The van der Waals surface area contributed by atoms with Gasteiger partial charge in [0.05, 0.1) is 17.5 Å². The number of anilines is 1. The molecule has 1 saturated carbocycles. The molecule has 0 aromatic heterocycles. The Hall–Kier alpha value is -1.43. The van der Waals surface area contributed by atoms with Gasteiger partial charge in [0, 0.05) is 15.4 Å². The molecule has 4 rings (SSSR count). The summed E-state index contributed by atoms with van der Waals surface area (Å²) in [5.74, 6) is -0.248. The Kier molecular flexibility index (Phi) is 3.08. The summed E-state index contributed by atoms with van der Waals surface area (Å²) in [5, 5.41) is 0. The summed E-state index contributed by atoms with van der Waals surface area (Å²) in [6.45, 7) is 4.16. The minimum absolute atomic E-state index is 0.0327. The van der Waals surface area contributed by atoms with Crippen LogP contribution in [0.2, 0.25) is 0 Å². The van der Waals surface area contributed by atoms with E-state index >= 15 is 0 Å². The number of halogens is 1. The summed E-state index contributed by atoms with van der Waals surface area (Å²) in [6.07, 6.45) is 4.25. The van der Waals surface area contributed by atoms with Gasteiger partial charge in [-0.3, -0.25) is 9.59 Å². The third-order valence-corrected chi connectivity index (χ3v) is 6.00. The van der Waals surface area contributed by atoms with E-state index in [2.05, 4.69) is 48.6 Å². The Balaban J connectivity index is 1.80. The zero-order valence-electron chi connectivity index (χ0n) is 12.4. The zero-order chi connectivity index (χ0) is 15.6. The third kappa shape index (κ3) is 1.67. The maximum absolute atomic E-state index is 13.0. The molecule has 4 heteroatoms. The van der Waals surface area contributed by atoms with Gasteiger partial charge in [-0.15, -0.1) is 0 Å². The maximum atomic E-state index is 13.0. The van der Waals surface area contributed by atoms with Crippen molar-refractivity contribution < 1.29 is 9.59 Å². The van der Waals surface area contributed by atoms with E-state index in [1.165, 1.54) is 16.0 Å². The first kappa shape index (κ1) is 14.2. The second-order valence-corrected chi connectivity index (χ2v) is 7.57. The van der Waals surface area contributed by atoms with E-state index in [1.807, 2.05) is 24.3 Å². The molecule has 1 aliphatic heterocycles. The summed E-state index contributed by atoms with van der Waals surface area (Å²) in [4.78, 5) is 27.3. The molecule has 0 unspecified atom stereocenters. The first-order valence-electron chi connectivity index (χ1n) is 7.50. The largest absolute Gasteiger partial charge is 0.274 e. The number of amides is 2. The van der Waals surface area contributed by atoms with Gasteiger partial charge >= 0.3 is 0 Å². The predicted molar refractivity (Wildman–Crippen MR) is 93.1 cm³/mol. The number of rotatable bonds is 1. The van der Waals surface area contributed by atoms with Gasteiger partial charge in [0.2, 0.25) is 11.8 Å². The molecule has 2 bridgehead atoms. The first-order valence-corrected chi connectivity index (χ1v) is 8.58. The molecule has 2 aliphatic carbocycles. The lowest BCUT2D eigenvalue weighted by Gasteiger charge is -2.20. The van der Waals surface area contributed by atoms with Gasteiger partial charge in [-0.2, -0.15) is 0 Å². The van der Waals surface area contributed by atoms with E-state index in [9.17, 15) is 9.59 Å². The fraction of sp³-hybridized carbons (Fsp3) is 0.333. The monoisotopic (exact) mass is 405 g/mol. The Labute approximate surface area is 143 Å². The highest BCUT2D eigenvalue weighted by atomic mass is 127. The average Bonchev–Trinajstić information content (AvgIpc) is 3.11. The fourth-order valence-corrected chi connectivity index (χ4v) is 4.93. The smallest absolute Gasteiger partial charge is 0.238 e. The summed E-state index contributed by atoms with van der Waals surface area (Å²) in [6, 6.07) is 7.58. The van der Waals surface area contributed by atoms with Crippen LogP contribution in [0, 0.1) is 27.2 Å². The van der Waals surface area contributed by atoms with Crippen LogP contribution in [0.1, 0.15) is 13.8 Å². The topological polar surface area (TPSA) is 37.4 Å². The van der Waals surface area contributed by atoms with Crippen LogP contribution in [0.25, 0.3) is 0 Å². The van der Waals surface area contributed by atoms with Gasteiger partial charge in [-0.1, -0.05) is 35.4 Å².